The zero-order valence-corrected chi connectivity index (χ0v) is 22.0. The number of methoxy groups -OCH3 is 1. The largest absolute Gasteiger partial charge is 0.495 e. The van der Waals surface area contributed by atoms with E-state index in [0.29, 0.717) is 36.8 Å². The van der Waals surface area contributed by atoms with E-state index >= 15 is 0 Å². The van der Waals surface area contributed by atoms with E-state index in [4.69, 9.17) is 9.84 Å². The quantitative estimate of drug-likeness (QED) is 0.287. The number of rotatable bonds is 6. The maximum Gasteiger partial charge on any atom is 0.416 e. The van der Waals surface area contributed by atoms with E-state index in [2.05, 4.69) is 4.98 Å². The molecule has 1 aromatic heterocycles. The number of aryl methyl sites for hydroxylation is 1. The van der Waals surface area contributed by atoms with Crippen LogP contribution in [0.1, 0.15) is 42.1 Å². The summed E-state index contributed by atoms with van der Waals surface area (Å²) in [6.07, 6.45) is 2.54. The van der Waals surface area contributed by atoms with Crippen LogP contribution >= 0.6 is 0 Å². The van der Waals surface area contributed by atoms with Gasteiger partial charge in [-0.05, 0) is 61.2 Å². The molecule has 1 amide bonds. The zero-order chi connectivity index (χ0) is 29.7. The van der Waals surface area contributed by atoms with Crippen LogP contribution in [0.15, 0.2) is 60.6 Å². The van der Waals surface area contributed by atoms with Gasteiger partial charge in [-0.2, -0.15) is 22.0 Å². The summed E-state index contributed by atoms with van der Waals surface area (Å²) in [4.78, 5) is 28.2. The molecule has 0 radical (unpaired) electrons. The molecule has 2 heterocycles. The number of aromatic nitrogens is 2. The number of carbonyl (C=O) groups is 2. The number of likely N-dealkylation sites (tertiary alicyclic amines) is 1. The number of hydrogen-bond donors (Lipinski definition) is 1. The molecule has 0 aliphatic carbocycles. The fraction of sp³-hybridized carbons (Fsp3) is 0.321. The summed E-state index contributed by atoms with van der Waals surface area (Å²) in [6, 6.07) is 10.7. The van der Waals surface area contributed by atoms with Crippen LogP contribution < -0.4 is 4.74 Å². The molecule has 0 bridgehead atoms. The predicted octanol–water partition coefficient (Wildman–Crippen LogP) is 6.14. The van der Waals surface area contributed by atoms with E-state index in [9.17, 15) is 31.5 Å². The smallest absolute Gasteiger partial charge is 0.416 e. The Morgan fingerprint density at radius 2 is 1.77 bits per heavy atom. The summed E-state index contributed by atoms with van der Waals surface area (Å²) in [5.74, 6) is -5.12. The van der Waals surface area contributed by atoms with Crippen molar-refractivity contribution in [2.24, 2.45) is 0 Å². The van der Waals surface area contributed by atoms with E-state index in [1.54, 1.807) is 18.3 Å². The molecule has 0 saturated carbocycles. The van der Waals surface area contributed by atoms with Crippen LogP contribution in [-0.4, -0.2) is 51.0 Å². The SMILES string of the molecule is CC(F)(F)C(=O)O.COc1cc(/C=C2\CCCN(Cc3ccc(C(F)(F)F)cc3)C2=O)ccc1-n1cnc(C)c1. The third-order valence-corrected chi connectivity index (χ3v) is 6.00. The Balaban J connectivity index is 0.000000559. The minimum absolute atomic E-state index is 0.102. The van der Waals surface area contributed by atoms with Crippen LogP contribution in [0.4, 0.5) is 22.0 Å². The van der Waals surface area contributed by atoms with E-state index in [0.717, 1.165) is 35.5 Å². The number of carboxylic acids is 1. The molecular weight excluding hydrogens is 537 g/mol. The number of carboxylic acid groups (broad SMARTS) is 1. The number of aliphatic carboxylic acids is 1. The van der Waals surface area contributed by atoms with Crippen molar-refractivity contribution in [1.82, 2.24) is 14.5 Å². The normalized spacial score (nSPS) is 15.1. The number of imidazole rings is 1. The average molecular weight is 566 g/mol. The van der Waals surface area contributed by atoms with Gasteiger partial charge in [-0.3, -0.25) is 4.79 Å². The summed E-state index contributed by atoms with van der Waals surface area (Å²) >= 11 is 0. The van der Waals surface area contributed by atoms with Crippen LogP contribution in [0.25, 0.3) is 11.8 Å². The summed E-state index contributed by atoms with van der Waals surface area (Å²) < 4.78 is 68.3. The molecule has 1 aliphatic heterocycles. The lowest BCUT2D eigenvalue weighted by Gasteiger charge is -2.28. The lowest BCUT2D eigenvalue weighted by Crippen LogP contribution is -2.36. The van der Waals surface area contributed by atoms with Crippen LogP contribution in [0.2, 0.25) is 0 Å². The maximum atomic E-state index is 13.0. The Hall–Kier alpha value is -4.22. The highest BCUT2D eigenvalue weighted by Gasteiger charge is 2.31. The van der Waals surface area contributed by atoms with Gasteiger partial charge in [0.15, 0.2) is 0 Å². The minimum Gasteiger partial charge on any atom is -0.495 e. The standard InChI is InChI=1S/C25H24F3N3O2.C3H4F2O2/c1-17-14-31(16-29-17)22-10-7-19(13-23(22)33-2)12-20-4-3-11-30(24(20)32)15-18-5-8-21(9-6-18)25(26,27)28;1-3(4,5)2(6)7/h5-10,12-14,16H,3-4,11,15H2,1-2H3;1H3,(H,6,7)/b20-12+;. The Morgan fingerprint density at radius 3 is 2.30 bits per heavy atom. The molecule has 214 valence electrons. The second kappa shape index (κ2) is 12.3. The van der Waals surface area contributed by atoms with Crippen molar-refractivity contribution in [1.29, 1.82) is 0 Å². The average Bonchev–Trinajstić information content (AvgIpc) is 3.32. The molecule has 0 unspecified atom stereocenters. The molecule has 12 heteroatoms. The highest BCUT2D eigenvalue weighted by atomic mass is 19.4. The van der Waals surface area contributed by atoms with Gasteiger partial charge in [0.1, 0.15) is 5.75 Å². The molecule has 7 nitrogen and oxygen atoms in total. The number of hydrogen-bond acceptors (Lipinski definition) is 4. The van der Waals surface area contributed by atoms with Gasteiger partial charge >= 0.3 is 18.1 Å². The summed E-state index contributed by atoms with van der Waals surface area (Å²) in [5.41, 5.74) is 3.22. The Morgan fingerprint density at radius 1 is 1.12 bits per heavy atom. The lowest BCUT2D eigenvalue weighted by molar-refractivity contribution is -0.162. The van der Waals surface area contributed by atoms with Crippen molar-refractivity contribution in [3.8, 4) is 11.4 Å². The second-order valence-electron chi connectivity index (χ2n) is 9.24. The third kappa shape index (κ3) is 7.90. The van der Waals surface area contributed by atoms with Gasteiger partial charge in [0.05, 0.1) is 30.4 Å². The second-order valence-corrected chi connectivity index (χ2v) is 9.24. The van der Waals surface area contributed by atoms with Gasteiger partial charge in [-0.25, -0.2) is 9.78 Å². The van der Waals surface area contributed by atoms with Crippen LogP contribution in [-0.2, 0) is 22.3 Å². The van der Waals surface area contributed by atoms with Gasteiger partial charge in [0, 0.05) is 31.8 Å². The number of amides is 1. The topological polar surface area (TPSA) is 84.7 Å². The van der Waals surface area contributed by atoms with Crippen molar-refractivity contribution < 1.29 is 41.4 Å². The third-order valence-electron chi connectivity index (χ3n) is 6.00. The summed E-state index contributed by atoms with van der Waals surface area (Å²) in [7, 11) is 1.59. The fourth-order valence-corrected chi connectivity index (χ4v) is 3.93. The zero-order valence-electron chi connectivity index (χ0n) is 22.0. The molecule has 0 spiro atoms. The maximum absolute atomic E-state index is 13.0. The molecule has 1 N–H and O–H groups in total. The number of piperidine rings is 1. The number of carbonyl (C=O) groups excluding carboxylic acids is 1. The molecule has 2 aromatic carbocycles. The monoisotopic (exact) mass is 565 g/mol. The Bertz CT molecular complexity index is 1380. The highest BCUT2D eigenvalue weighted by molar-refractivity contribution is 5.98. The van der Waals surface area contributed by atoms with Gasteiger partial charge in [-0.15, -0.1) is 0 Å². The summed E-state index contributed by atoms with van der Waals surface area (Å²) in [5, 5.41) is 7.50. The van der Waals surface area contributed by atoms with Gasteiger partial charge in [0.25, 0.3) is 0 Å². The van der Waals surface area contributed by atoms with Crippen molar-refractivity contribution >= 4 is 18.0 Å². The number of halogens is 5. The van der Waals surface area contributed by atoms with Crippen molar-refractivity contribution in [3.05, 3.63) is 82.9 Å². The predicted molar refractivity (Wildman–Crippen MR) is 137 cm³/mol. The van der Waals surface area contributed by atoms with Crippen LogP contribution in [0.5, 0.6) is 5.75 Å². The Kier molecular flexibility index (Phi) is 9.33. The number of nitrogens with zero attached hydrogens (tertiary/aromatic N) is 3. The van der Waals surface area contributed by atoms with E-state index in [-0.39, 0.29) is 12.5 Å². The van der Waals surface area contributed by atoms with Gasteiger partial charge in [0.2, 0.25) is 5.91 Å². The first-order valence-corrected chi connectivity index (χ1v) is 12.1. The first-order chi connectivity index (χ1) is 18.7. The number of alkyl halides is 5. The van der Waals surface area contributed by atoms with E-state index in [1.807, 2.05) is 42.0 Å². The Labute approximate surface area is 227 Å². The molecule has 0 atom stereocenters. The summed E-state index contributed by atoms with van der Waals surface area (Å²) in [6.45, 7) is 3.08. The van der Waals surface area contributed by atoms with E-state index < -0.39 is 23.6 Å². The first kappa shape index (κ1) is 30.3. The molecule has 40 heavy (non-hydrogen) atoms. The van der Waals surface area contributed by atoms with Crippen molar-refractivity contribution in [3.63, 3.8) is 0 Å². The molecule has 4 rings (SSSR count). The van der Waals surface area contributed by atoms with E-state index in [1.165, 1.54) is 12.1 Å². The molecule has 1 aliphatic rings. The molecule has 1 fully saturated rings. The van der Waals surface area contributed by atoms with Crippen molar-refractivity contribution in [2.75, 3.05) is 13.7 Å². The number of benzene rings is 2. The van der Waals surface area contributed by atoms with Crippen LogP contribution in [0.3, 0.4) is 0 Å². The molecule has 1 saturated heterocycles. The number of ether oxygens (including phenoxy) is 1. The van der Waals surface area contributed by atoms with Crippen LogP contribution in [0, 0.1) is 6.92 Å². The first-order valence-electron chi connectivity index (χ1n) is 12.1. The fourth-order valence-electron chi connectivity index (χ4n) is 3.93. The highest BCUT2D eigenvalue weighted by Crippen LogP contribution is 2.30. The van der Waals surface area contributed by atoms with Crippen molar-refractivity contribution in [2.45, 2.75) is 45.3 Å². The molecular formula is C28H28F5N3O4. The minimum atomic E-state index is -4.37. The van der Waals surface area contributed by atoms with Gasteiger partial charge < -0.3 is 19.3 Å². The lowest BCUT2D eigenvalue weighted by atomic mass is 9.99. The van der Waals surface area contributed by atoms with Gasteiger partial charge in [-0.1, -0.05) is 18.2 Å². The molecule has 3 aromatic rings.